The fraction of sp³-hybridized carbons (Fsp3) is 0.625. The van der Waals surface area contributed by atoms with E-state index in [-0.39, 0.29) is 29.7 Å². The molecule has 0 atom stereocenters. The maximum absolute atomic E-state index is 12.7. The lowest BCUT2D eigenvalue weighted by molar-refractivity contribution is -0.00100. The van der Waals surface area contributed by atoms with E-state index < -0.39 is 10.0 Å². The van der Waals surface area contributed by atoms with E-state index in [0.717, 1.165) is 19.6 Å². The predicted octanol–water partition coefficient (Wildman–Crippen LogP) is -4.43. The standard InChI is InChI=1S/C16H24N2O4S.2ClH/c1-17(9-10-18-7-3-2-4-8-18)23(19,20)14-5-6-15-16(13-14)22-12-11-21-15;;/h5-6,13H,2-4,7-12H2,1H3;2*1H/p-2. The molecular weight excluding hydrogens is 387 g/mol. The van der Waals surface area contributed by atoms with Crippen LogP contribution in [0.5, 0.6) is 11.5 Å². The molecule has 3 rings (SSSR count). The molecule has 0 unspecified atom stereocenters. The third-order valence-corrected chi connectivity index (χ3v) is 6.25. The summed E-state index contributed by atoms with van der Waals surface area (Å²) in [6.07, 6.45) is 3.69. The van der Waals surface area contributed by atoms with Gasteiger partial charge in [0.05, 0.1) is 4.90 Å². The van der Waals surface area contributed by atoms with E-state index in [1.807, 2.05) is 0 Å². The largest absolute Gasteiger partial charge is 1.00 e. The van der Waals surface area contributed by atoms with Gasteiger partial charge in [0.2, 0.25) is 10.0 Å². The number of benzene rings is 1. The molecule has 0 aliphatic carbocycles. The van der Waals surface area contributed by atoms with Gasteiger partial charge in [0.1, 0.15) is 13.2 Å². The number of likely N-dealkylation sites (N-methyl/N-ethyl adjacent to an activating group) is 1. The highest BCUT2D eigenvalue weighted by Crippen LogP contribution is 2.32. The predicted molar refractivity (Wildman–Crippen MR) is 87.5 cm³/mol. The van der Waals surface area contributed by atoms with Gasteiger partial charge in [0.15, 0.2) is 11.5 Å². The smallest absolute Gasteiger partial charge is 0.242 e. The van der Waals surface area contributed by atoms with E-state index in [1.165, 1.54) is 23.6 Å². The third-order valence-electron chi connectivity index (χ3n) is 4.40. The first-order valence-corrected chi connectivity index (χ1v) is 9.60. The van der Waals surface area contributed by atoms with E-state index in [4.69, 9.17) is 9.47 Å². The molecule has 2 aliphatic rings. The van der Waals surface area contributed by atoms with E-state index in [0.29, 0.717) is 31.3 Å². The number of halogens is 2. The minimum absolute atomic E-state index is 0. The van der Waals surface area contributed by atoms with Crippen molar-refractivity contribution in [3.05, 3.63) is 18.2 Å². The molecule has 144 valence electrons. The number of fused-ring (bicyclic) bond motifs is 1. The van der Waals surface area contributed by atoms with Gasteiger partial charge in [0, 0.05) is 26.2 Å². The molecule has 9 heteroatoms. The van der Waals surface area contributed by atoms with Crippen molar-refractivity contribution in [2.75, 3.05) is 46.4 Å². The Balaban J connectivity index is 0.00000156. The van der Waals surface area contributed by atoms with Gasteiger partial charge in [-0.3, -0.25) is 0 Å². The molecule has 25 heavy (non-hydrogen) atoms. The number of likely N-dealkylation sites (tertiary alicyclic amines) is 1. The van der Waals surface area contributed by atoms with Gasteiger partial charge in [-0.05, 0) is 38.1 Å². The van der Waals surface area contributed by atoms with Crippen molar-refractivity contribution in [1.29, 1.82) is 0 Å². The fourth-order valence-electron chi connectivity index (χ4n) is 2.95. The normalized spacial score (nSPS) is 17.5. The van der Waals surface area contributed by atoms with Gasteiger partial charge < -0.3 is 39.2 Å². The molecule has 0 spiro atoms. The van der Waals surface area contributed by atoms with Crippen molar-refractivity contribution in [2.24, 2.45) is 0 Å². The van der Waals surface area contributed by atoms with Crippen molar-refractivity contribution in [2.45, 2.75) is 24.2 Å². The highest BCUT2D eigenvalue weighted by molar-refractivity contribution is 7.89. The van der Waals surface area contributed by atoms with Crippen molar-refractivity contribution < 1.29 is 42.7 Å². The average molecular weight is 411 g/mol. The number of nitrogens with zero attached hydrogens (tertiary/aromatic N) is 2. The molecule has 0 N–H and O–H groups in total. The van der Waals surface area contributed by atoms with Crippen LogP contribution in [0.4, 0.5) is 0 Å². The molecule has 2 heterocycles. The Morgan fingerprint density at radius 3 is 2.36 bits per heavy atom. The Labute approximate surface area is 162 Å². The van der Waals surface area contributed by atoms with Crippen LogP contribution >= 0.6 is 0 Å². The summed E-state index contributed by atoms with van der Waals surface area (Å²) in [4.78, 5) is 2.59. The van der Waals surface area contributed by atoms with E-state index in [1.54, 1.807) is 25.2 Å². The summed E-state index contributed by atoms with van der Waals surface area (Å²) in [6.45, 7) is 4.35. The maximum atomic E-state index is 12.7. The molecule has 1 fully saturated rings. The first kappa shape index (κ1) is 22.3. The number of rotatable bonds is 5. The summed E-state index contributed by atoms with van der Waals surface area (Å²) in [5, 5.41) is 0. The van der Waals surface area contributed by atoms with Crippen LogP contribution in [0.15, 0.2) is 23.1 Å². The van der Waals surface area contributed by atoms with Crippen LogP contribution in [0, 0.1) is 0 Å². The quantitative estimate of drug-likeness (QED) is 0.490. The second-order valence-corrected chi connectivity index (χ2v) is 8.08. The molecule has 0 radical (unpaired) electrons. The van der Waals surface area contributed by atoms with Gasteiger partial charge in [-0.1, -0.05) is 6.42 Å². The summed E-state index contributed by atoms with van der Waals surface area (Å²) in [5.74, 6) is 1.10. The van der Waals surface area contributed by atoms with Crippen LogP contribution in [-0.4, -0.2) is 64.1 Å². The lowest BCUT2D eigenvalue weighted by atomic mass is 10.1. The number of hydrogen-bond acceptors (Lipinski definition) is 5. The molecule has 1 aromatic carbocycles. The Morgan fingerprint density at radius 2 is 1.68 bits per heavy atom. The van der Waals surface area contributed by atoms with Crippen LogP contribution in [0.3, 0.4) is 0 Å². The summed E-state index contributed by atoms with van der Waals surface area (Å²) in [5.41, 5.74) is 0. The summed E-state index contributed by atoms with van der Waals surface area (Å²) in [6, 6.07) is 4.81. The van der Waals surface area contributed by atoms with Gasteiger partial charge >= 0.3 is 0 Å². The van der Waals surface area contributed by atoms with Crippen molar-refractivity contribution in [1.82, 2.24) is 9.21 Å². The third kappa shape index (κ3) is 5.37. The minimum Gasteiger partial charge on any atom is -1.00 e. The summed E-state index contributed by atoms with van der Waals surface area (Å²) >= 11 is 0. The zero-order valence-corrected chi connectivity index (χ0v) is 16.6. The van der Waals surface area contributed by atoms with Gasteiger partial charge in [-0.2, -0.15) is 4.31 Å². The molecule has 1 saturated heterocycles. The zero-order chi connectivity index (χ0) is 16.3. The van der Waals surface area contributed by atoms with Crippen LogP contribution in [0.25, 0.3) is 0 Å². The molecule has 0 saturated carbocycles. The molecule has 0 bridgehead atoms. The first-order valence-electron chi connectivity index (χ1n) is 8.16. The SMILES string of the molecule is CN(CCN1CCCCC1)S(=O)(=O)c1ccc2c(c1)OCCO2.[Cl-].[Cl-]. The van der Waals surface area contributed by atoms with Crippen LogP contribution in [0.1, 0.15) is 19.3 Å². The average Bonchev–Trinajstić information content (AvgIpc) is 2.60. The number of ether oxygens (including phenoxy) is 2. The highest BCUT2D eigenvalue weighted by atomic mass is 35.5. The molecule has 0 aromatic heterocycles. The maximum Gasteiger partial charge on any atom is 0.242 e. The molecular formula is C16H24Cl2N2O4S-2. The molecule has 1 aromatic rings. The first-order chi connectivity index (χ1) is 11.1. The Kier molecular flexibility index (Phi) is 8.77. The van der Waals surface area contributed by atoms with E-state index in [9.17, 15) is 8.42 Å². The molecule has 2 aliphatic heterocycles. The molecule has 0 amide bonds. The fourth-order valence-corrected chi connectivity index (χ4v) is 4.13. The van der Waals surface area contributed by atoms with E-state index in [2.05, 4.69) is 4.90 Å². The second-order valence-electron chi connectivity index (χ2n) is 6.03. The molecule has 6 nitrogen and oxygen atoms in total. The lowest BCUT2D eigenvalue weighted by Gasteiger charge is -2.28. The van der Waals surface area contributed by atoms with Gasteiger partial charge in [-0.25, -0.2) is 8.42 Å². The Bertz CT molecular complexity index is 652. The topological polar surface area (TPSA) is 59.1 Å². The monoisotopic (exact) mass is 410 g/mol. The van der Waals surface area contributed by atoms with E-state index >= 15 is 0 Å². The van der Waals surface area contributed by atoms with Crippen LogP contribution in [0.2, 0.25) is 0 Å². The van der Waals surface area contributed by atoms with Crippen molar-refractivity contribution in [3.8, 4) is 11.5 Å². The van der Waals surface area contributed by atoms with Gasteiger partial charge in [-0.15, -0.1) is 0 Å². The summed E-state index contributed by atoms with van der Waals surface area (Å²) < 4.78 is 37.7. The second kappa shape index (κ2) is 9.83. The number of piperidine rings is 1. The number of hydrogen-bond donors (Lipinski definition) is 0. The van der Waals surface area contributed by atoms with Crippen molar-refractivity contribution >= 4 is 10.0 Å². The van der Waals surface area contributed by atoms with Crippen molar-refractivity contribution in [3.63, 3.8) is 0 Å². The zero-order valence-electron chi connectivity index (χ0n) is 14.3. The Hall–Kier alpha value is -0.730. The van der Waals surface area contributed by atoms with Gasteiger partial charge in [0.25, 0.3) is 0 Å². The van der Waals surface area contributed by atoms with Crippen LogP contribution < -0.4 is 34.3 Å². The summed E-state index contributed by atoms with van der Waals surface area (Å²) in [7, 11) is -1.87. The van der Waals surface area contributed by atoms with Crippen LogP contribution in [-0.2, 0) is 10.0 Å². The Morgan fingerprint density at radius 1 is 1.04 bits per heavy atom. The minimum atomic E-state index is -3.50. The number of sulfonamides is 1. The lowest BCUT2D eigenvalue weighted by Crippen LogP contribution is -3.00. The highest BCUT2D eigenvalue weighted by Gasteiger charge is 2.24.